The average molecular weight is 158 g/mol. The van der Waals surface area contributed by atoms with E-state index < -0.39 is 18.0 Å². The number of amides is 2. The Bertz CT molecular complexity index is 201. The molecule has 1 aliphatic rings. The molecule has 1 heterocycles. The Balaban J connectivity index is 0.000000218. The Morgan fingerprint density at radius 2 is 1.45 bits per heavy atom. The van der Waals surface area contributed by atoms with Gasteiger partial charge in [0.15, 0.2) is 0 Å². The fourth-order valence-electron chi connectivity index (χ4n) is 0.303. The van der Waals surface area contributed by atoms with Crippen molar-refractivity contribution in [2.75, 3.05) is 0 Å². The van der Waals surface area contributed by atoms with E-state index in [1.807, 2.05) is 0 Å². The van der Waals surface area contributed by atoms with Crippen molar-refractivity contribution in [2.45, 2.75) is 0 Å². The first-order valence-electron chi connectivity index (χ1n) is 2.51. The number of hydrogen-bond acceptors (Lipinski definition) is 4. The summed E-state index contributed by atoms with van der Waals surface area (Å²) in [5.74, 6) is -1.16. The molecule has 0 aromatic heterocycles. The summed E-state index contributed by atoms with van der Waals surface area (Å²) >= 11 is 0. The maximum absolute atomic E-state index is 9.92. The number of ether oxygens (including phenoxy) is 1. The van der Waals surface area contributed by atoms with Crippen LogP contribution >= 0.6 is 0 Å². The molecule has 0 aromatic carbocycles. The topological polar surface area (TPSA) is 112 Å². The van der Waals surface area contributed by atoms with Crippen LogP contribution in [0.2, 0.25) is 0 Å². The summed E-state index contributed by atoms with van der Waals surface area (Å²) in [6, 6.07) is -0.833. The number of urea groups is 1. The van der Waals surface area contributed by atoms with Crippen LogP contribution in [0.15, 0.2) is 12.2 Å². The van der Waals surface area contributed by atoms with Crippen LogP contribution < -0.4 is 11.5 Å². The monoisotopic (exact) mass is 158 g/mol. The summed E-state index contributed by atoms with van der Waals surface area (Å²) in [5, 5.41) is 0. The molecule has 60 valence electrons. The van der Waals surface area contributed by atoms with Crippen LogP contribution in [0, 0.1) is 0 Å². The maximum Gasteiger partial charge on any atom is 0.338 e. The van der Waals surface area contributed by atoms with E-state index in [9.17, 15) is 9.59 Å². The number of primary amides is 2. The number of esters is 2. The molecule has 0 atom stereocenters. The maximum atomic E-state index is 9.92. The molecule has 0 bridgehead atoms. The van der Waals surface area contributed by atoms with E-state index in [2.05, 4.69) is 16.2 Å². The molecule has 6 heteroatoms. The van der Waals surface area contributed by atoms with E-state index in [1.165, 1.54) is 0 Å². The summed E-state index contributed by atoms with van der Waals surface area (Å²) in [4.78, 5) is 28.8. The van der Waals surface area contributed by atoms with Gasteiger partial charge in [-0.2, -0.15) is 0 Å². The van der Waals surface area contributed by atoms with Crippen LogP contribution in [0.25, 0.3) is 0 Å². The minimum Gasteiger partial charge on any atom is -0.387 e. The zero-order valence-corrected chi connectivity index (χ0v) is 5.44. The standard InChI is InChI=1S/C4H2O3.CH4N2O/c5-3-1-2-4(6)7-3;2-1(3)4/h1-2H;(H4,2,3,4). The average Bonchev–Trinajstić information content (AvgIpc) is 2.13. The van der Waals surface area contributed by atoms with Crippen molar-refractivity contribution in [1.82, 2.24) is 0 Å². The molecular weight excluding hydrogens is 152 g/mol. The lowest BCUT2D eigenvalue weighted by molar-refractivity contribution is -0.150. The molecule has 0 saturated carbocycles. The van der Waals surface area contributed by atoms with E-state index in [0.717, 1.165) is 12.2 Å². The Labute approximate surface area is 61.8 Å². The summed E-state index contributed by atoms with van der Waals surface area (Å²) < 4.78 is 3.97. The molecule has 0 spiro atoms. The molecule has 0 aliphatic carbocycles. The number of rotatable bonds is 0. The van der Waals surface area contributed by atoms with Crippen LogP contribution in [0.5, 0.6) is 0 Å². The quantitative estimate of drug-likeness (QED) is 0.335. The Hall–Kier alpha value is -1.85. The predicted molar refractivity (Wildman–Crippen MR) is 34.0 cm³/mol. The highest BCUT2D eigenvalue weighted by atomic mass is 16.6. The highest BCUT2D eigenvalue weighted by Gasteiger charge is 2.10. The molecule has 6 nitrogen and oxygen atoms in total. The van der Waals surface area contributed by atoms with Crippen LogP contribution in [-0.2, 0) is 14.3 Å². The van der Waals surface area contributed by atoms with Gasteiger partial charge in [-0.3, -0.25) is 0 Å². The normalized spacial score (nSPS) is 13.5. The fraction of sp³-hybridized carbons (Fsp3) is 0. The van der Waals surface area contributed by atoms with Crippen LogP contribution in [0.3, 0.4) is 0 Å². The molecule has 11 heavy (non-hydrogen) atoms. The third kappa shape index (κ3) is 6.03. The molecule has 0 saturated heterocycles. The number of hydrogen-bond donors (Lipinski definition) is 2. The van der Waals surface area contributed by atoms with Gasteiger partial charge in [0, 0.05) is 12.2 Å². The molecular formula is C5H6N2O4. The third-order valence-electron chi connectivity index (χ3n) is 0.557. The van der Waals surface area contributed by atoms with E-state index in [0.29, 0.717) is 0 Å². The van der Waals surface area contributed by atoms with Crippen LogP contribution in [0.4, 0.5) is 4.79 Å². The zero-order valence-electron chi connectivity index (χ0n) is 5.44. The first-order chi connectivity index (χ1) is 5.02. The number of carbonyl (C=O) groups is 3. The minimum absolute atomic E-state index is 0.579. The molecule has 4 N–H and O–H groups in total. The van der Waals surface area contributed by atoms with Gasteiger partial charge in [0.1, 0.15) is 0 Å². The molecule has 0 fully saturated rings. The van der Waals surface area contributed by atoms with Crippen molar-refractivity contribution >= 4 is 18.0 Å². The number of cyclic esters (lactones) is 2. The van der Waals surface area contributed by atoms with Gasteiger partial charge in [0.05, 0.1) is 0 Å². The van der Waals surface area contributed by atoms with Gasteiger partial charge in [-0.15, -0.1) is 0 Å². The largest absolute Gasteiger partial charge is 0.387 e. The Morgan fingerprint density at radius 3 is 1.55 bits per heavy atom. The molecule has 2 amide bonds. The number of nitrogens with two attached hydrogens (primary N) is 2. The van der Waals surface area contributed by atoms with Crippen molar-refractivity contribution in [1.29, 1.82) is 0 Å². The van der Waals surface area contributed by atoms with E-state index >= 15 is 0 Å². The van der Waals surface area contributed by atoms with Crippen molar-refractivity contribution in [3.05, 3.63) is 12.2 Å². The first-order valence-corrected chi connectivity index (χ1v) is 2.51. The van der Waals surface area contributed by atoms with Gasteiger partial charge in [-0.1, -0.05) is 0 Å². The summed E-state index contributed by atoms with van der Waals surface area (Å²) in [6.45, 7) is 0. The summed E-state index contributed by atoms with van der Waals surface area (Å²) in [5.41, 5.74) is 8.50. The van der Waals surface area contributed by atoms with E-state index in [-0.39, 0.29) is 0 Å². The molecule has 0 radical (unpaired) electrons. The smallest absolute Gasteiger partial charge is 0.338 e. The van der Waals surface area contributed by atoms with Crippen molar-refractivity contribution in [3.63, 3.8) is 0 Å². The van der Waals surface area contributed by atoms with Crippen molar-refractivity contribution < 1.29 is 19.1 Å². The van der Waals surface area contributed by atoms with Crippen LogP contribution in [0.1, 0.15) is 0 Å². The van der Waals surface area contributed by atoms with Gasteiger partial charge < -0.3 is 16.2 Å². The lowest BCUT2D eigenvalue weighted by Gasteiger charge is -1.80. The van der Waals surface area contributed by atoms with Crippen molar-refractivity contribution in [3.8, 4) is 0 Å². The lowest BCUT2D eigenvalue weighted by atomic mass is 10.6. The minimum atomic E-state index is -0.833. The predicted octanol–water partition coefficient (Wildman–Crippen LogP) is -1.35. The Kier molecular flexibility index (Phi) is 3.36. The van der Waals surface area contributed by atoms with Gasteiger partial charge >= 0.3 is 18.0 Å². The van der Waals surface area contributed by atoms with Gasteiger partial charge in [0.2, 0.25) is 0 Å². The molecule has 0 unspecified atom stereocenters. The lowest BCUT2D eigenvalue weighted by Crippen LogP contribution is -2.18. The SMILES string of the molecule is NC(N)=O.O=C1C=CC(=O)O1. The third-order valence-corrected chi connectivity index (χ3v) is 0.557. The second kappa shape index (κ2) is 4.04. The van der Waals surface area contributed by atoms with Crippen molar-refractivity contribution in [2.24, 2.45) is 11.5 Å². The molecule has 0 aromatic rings. The highest BCUT2D eigenvalue weighted by molar-refractivity contribution is 6.04. The van der Waals surface area contributed by atoms with E-state index in [4.69, 9.17) is 4.79 Å². The summed E-state index contributed by atoms with van der Waals surface area (Å²) in [7, 11) is 0. The Morgan fingerprint density at radius 1 is 1.18 bits per heavy atom. The van der Waals surface area contributed by atoms with Gasteiger partial charge in [0.25, 0.3) is 0 Å². The fourth-order valence-corrected chi connectivity index (χ4v) is 0.303. The molecule has 1 rings (SSSR count). The second-order valence-electron chi connectivity index (χ2n) is 1.48. The summed E-state index contributed by atoms with van der Waals surface area (Å²) in [6.07, 6.45) is 2.17. The zero-order chi connectivity index (χ0) is 8.85. The van der Waals surface area contributed by atoms with E-state index in [1.54, 1.807) is 0 Å². The highest BCUT2D eigenvalue weighted by Crippen LogP contribution is 1.92. The first kappa shape index (κ1) is 9.15. The van der Waals surface area contributed by atoms with Gasteiger partial charge in [-0.25, -0.2) is 14.4 Å². The van der Waals surface area contributed by atoms with Gasteiger partial charge in [-0.05, 0) is 0 Å². The molecule has 1 aliphatic heterocycles. The van der Waals surface area contributed by atoms with Crippen LogP contribution in [-0.4, -0.2) is 18.0 Å². The second-order valence-corrected chi connectivity index (χ2v) is 1.48. The number of carbonyl (C=O) groups excluding carboxylic acids is 3.